The normalized spacial score (nSPS) is 21.4. The number of hydrogen-bond donors (Lipinski definition) is 2. The molecule has 2 aliphatic heterocycles. The van der Waals surface area contributed by atoms with E-state index in [1.807, 2.05) is 23.1 Å². The van der Waals surface area contributed by atoms with Crippen molar-refractivity contribution in [3.8, 4) is 11.8 Å². The number of carbonyl (C=O) groups is 1. The molecular formula is C31H41N3O3. The molecule has 2 fully saturated rings. The molecule has 2 N–H and O–H groups in total. The lowest BCUT2D eigenvalue weighted by Crippen LogP contribution is -2.63. The maximum absolute atomic E-state index is 12.4. The Morgan fingerprint density at radius 2 is 1.73 bits per heavy atom. The van der Waals surface area contributed by atoms with E-state index < -0.39 is 11.2 Å². The minimum Gasteiger partial charge on any atom is -0.380 e. The van der Waals surface area contributed by atoms with Crippen molar-refractivity contribution in [3.05, 3.63) is 65.0 Å². The van der Waals surface area contributed by atoms with Crippen LogP contribution >= 0.6 is 0 Å². The molecule has 37 heavy (non-hydrogen) atoms. The molecule has 3 heterocycles. The second-order valence-corrected chi connectivity index (χ2v) is 11.9. The van der Waals surface area contributed by atoms with Crippen molar-refractivity contribution in [3.63, 3.8) is 0 Å². The maximum Gasteiger partial charge on any atom is 0.219 e. The van der Waals surface area contributed by atoms with Gasteiger partial charge in [-0.1, -0.05) is 56.9 Å². The smallest absolute Gasteiger partial charge is 0.219 e. The Hall–Kier alpha value is -2.72. The van der Waals surface area contributed by atoms with Gasteiger partial charge in [-0.2, -0.15) is 0 Å². The Balaban J connectivity index is 1.64. The minimum atomic E-state index is -1.23. The Bertz CT molecular complexity index is 1180. The van der Waals surface area contributed by atoms with Gasteiger partial charge in [-0.05, 0) is 49.9 Å². The van der Waals surface area contributed by atoms with E-state index in [1.165, 1.54) is 5.56 Å². The van der Waals surface area contributed by atoms with Crippen LogP contribution in [0.5, 0.6) is 0 Å². The molecule has 2 atom stereocenters. The summed E-state index contributed by atoms with van der Waals surface area (Å²) in [6.45, 7) is 12.6. The van der Waals surface area contributed by atoms with Crippen LogP contribution in [0, 0.1) is 23.2 Å². The van der Waals surface area contributed by atoms with Crippen molar-refractivity contribution in [1.82, 2.24) is 14.8 Å². The van der Waals surface area contributed by atoms with Crippen molar-refractivity contribution < 1.29 is 15.0 Å². The number of piperidine rings is 1. The molecule has 198 valence electrons. The van der Waals surface area contributed by atoms with Gasteiger partial charge in [-0.15, -0.1) is 0 Å². The number of hydrogen-bond acceptors (Lipinski definition) is 5. The zero-order chi connectivity index (χ0) is 27.0. The van der Waals surface area contributed by atoms with Gasteiger partial charge in [0.15, 0.2) is 0 Å². The molecular weight excluding hydrogens is 462 g/mol. The minimum absolute atomic E-state index is 0.00688. The van der Waals surface area contributed by atoms with E-state index in [2.05, 4.69) is 61.7 Å². The van der Waals surface area contributed by atoms with Crippen LogP contribution < -0.4 is 0 Å². The summed E-state index contributed by atoms with van der Waals surface area (Å²) >= 11 is 0. The molecule has 6 nitrogen and oxygen atoms in total. The number of benzene rings is 1. The lowest BCUT2D eigenvalue weighted by molar-refractivity contribution is -0.131. The highest BCUT2D eigenvalue weighted by Crippen LogP contribution is 2.50. The zero-order valence-corrected chi connectivity index (χ0v) is 23.1. The summed E-state index contributed by atoms with van der Waals surface area (Å²) in [7, 11) is 2.06. The number of pyridine rings is 1. The highest BCUT2D eigenvalue weighted by Gasteiger charge is 2.55. The quantitative estimate of drug-likeness (QED) is 0.608. The standard InChI is InChI=1S/C31H41N3O3/c1-22(2)25-7-9-27(10-8-25)31(37,29(4)20-33(6)21-29)28-17-24(18-32-19-28)11-14-30(5,36)26-12-15-34(16-13-26)23(3)35/h7-10,17-19,22,26,36-37H,12-13,15-16,20-21H2,1-6H3. The summed E-state index contributed by atoms with van der Waals surface area (Å²) in [4.78, 5) is 20.1. The van der Waals surface area contributed by atoms with Crippen LogP contribution in [0.4, 0.5) is 0 Å². The largest absolute Gasteiger partial charge is 0.380 e. The van der Waals surface area contributed by atoms with Crippen molar-refractivity contribution >= 4 is 5.91 Å². The molecule has 0 bridgehead atoms. The number of likely N-dealkylation sites (tertiary alicyclic amines) is 2. The third-order valence-electron chi connectivity index (χ3n) is 8.46. The zero-order valence-electron chi connectivity index (χ0n) is 23.1. The second-order valence-electron chi connectivity index (χ2n) is 11.9. The van der Waals surface area contributed by atoms with E-state index in [4.69, 9.17) is 0 Å². The summed E-state index contributed by atoms with van der Waals surface area (Å²) in [6, 6.07) is 10.2. The second kappa shape index (κ2) is 10.2. The van der Waals surface area contributed by atoms with Crippen molar-refractivity contribution in [2.45, 2.75) is 64.6 Å². The Morgan fingerprint density at radius 1 is 1.11 bits per heavy atom. The number of aromatic nitrogens is 1. The van der Waals surface area contributed by atoms with Crippen LogP contribution in [0.3, 0.4) is 0 Å². The molecule has 0 spiro atoms. The van der Waals surface area contributed by atoms with Gasteiger partial charge in [-0.25, -0.2) is 0 Å². The fourth-order valence-electron chi connectivity index (χ4n) is 6.11. The number of amides is 1. The highest BCUT2D eigenvalue weighted by atomic mass is 16.3. The predicted molar refractivity (Wildman–Crippen MR) is 146 cm³/mol. The lowest BCUT2D eigenvalue weighted by Gasteiger charge is -2.55. The average molecular weight is 504 g/mol. The van der Waals surface area contributed by atoms with E-state index in [9.17, 15) is 15.0 Å². The molecule has 1 aromatic carbocycles. The van der Waals surface area contributed by atoms with Gasteiger partial charge in [-0.3, -0.25) is 9.78 Å². The summed E-state index contributed by atoms with van der Waals surface area (Å²) < 4.78 is 0. The van der Waals surface area contributed by atoms with Gasteiger partial charge in [0.1, 0.15) is 11.2 Å². The highest BCUT2D eigenvalue weighted by molar-refractivity contribution is 5.73. The van der Waals surface area contributed by atoms with Gasteiger partial charge in [0, 0.05) is 68.0 Å². The van der Waals surface area contributed by atoms with E-state index in [0.717, 1.165) is 31.5 Å². The molecule has 2 aliphatic rings. The number of carbonyl (C=O) groups excluding carboxylic acids is 1. The topological polar surface area (TPSA) is 76.9 Å². The molecule has 1 amide bonds. The summed E-state index contributed by atoms with van der Waals surface area (Å²) in [5, 5.41) is 23.6. The van der Waals surface area contributed by atoms with E-state index in [1.54, 1.807) is 26.2 Å². The van der Waals surface area contributed by atoms with Gasteiger partial charge in [0.25, 0.3) is 0 Å². The number of rotatable bonds is 5. The van der Waals surface area contributed by atoms with Crippen LogP contribution in [0.2, 0.25) is 0 Å². The molecule has 0 radical (unpaired) electrons. The Kier molecular flexibility index (Phi) is 7.54. The van der Waals surface area contributed by atoms with Gasteiger partial charge in [0.2, 0.25) is 5.91 Å². The monoisotopic (exact) mass is 503 g/mol. The number of aliphatic hydroxyl groups is 2. The summed E-state index contributed by atoms with van der Waals surface area (Å²) in [5.74, 6) is 6.69. The molecule has 0 aliphatic carbocycles. The molecule has 2 aromatic rings. The fraction of sp³-hybridized carbons (Fsp3) is 0.548. The van der Waals surface area contributed by atoms with Crippen molar-refractivity contribution in [2.24, 2.45) is 11.3 Å². The van der Waals surface area contributed by atoms with Gasteiger partial charge < -0.3 is 20.0 Å². The third kappa shape index (κ3) is 5.31. The van der Waals surface area contributed by atoms with E-state index in [0.29, 0.717) is 30.1 Å². The first-order valence-corrected chi connectivity index (χ1v) is 13.3. The van der Waals surface area contributed by atoms with Crippen LogP contribution in [0.15, 0.2) is 42.7 Å². The Labute approximate surface area is 221 Å². The molecule has 1 aromatic heterocycles. The maximum atomic E-state index is 12.4. The van der Waals surface area contributed by atoms with E-state index in [-0.39, 0.29) is 17.2 Å². The van der Waals surface area contributed by atoms with E-state index >= 15 is 0 Å². The summed E-state index contributed by atoms with van der Waals surface area (Å²) in [6.07, 6.45) is 4.86. The first-order chi connectivity index (χ1) is 17.4. The van der Waals surface area contributed by atoms with Gasteiger partial charge >= 0.3 is 0 Å². The van der Waals surface area contributed by atoms with Crippen LogP contribution in [-0.4, -0.2) is 69.7 Å². The third-order valence-corrected chi connectivity index (χ3v) is 8.46. The van der Waals surface area contributed by atoms with Crippen LogP contribution in [0.25, 0.3) is 0 Å². The number of nitrogens with zero attached hydrogens (tertiary/aromatic N) is 3. The van der Waals surface area contributed by atoms with Crippen molar-refractivity contribution in [1.29, 1.82) is 0 Å². The molecule has 0 saturated carbocycles. The molecule has 2 saturated heterocycles. The lowest BCUT2D eigenvalue weighted by atomic mass is 9.62. The van der Waals surface area contributed by atoms with Gasteiger partial charge in [0.05, 0.1) is 0 Å². The van der Waals surface area contributed by atoms with Crippen LogP contribution in [0.1, 0.15) is 75.6 Å². The Morgan fingerprint density at radius 3 is 2.27 bits per heavy atom. The van der Waals surface area contributed by atoms with Crippen LogP contribution in [-0.2, 0) is 10.4 Å². The SMILES string of the molecule is CC(=O)N1CCC(C(C)(O)C#Cc2cncc(C(O)(c3ccc(C(C)C)cc3)C3(C)CN(C)C3)c2)CC1. The summed E-state index contributed by atoms with van der Waals surface area (Å²) in [5.41, 5.74) is 0.658. The first kappa shape index (κ1) is 27.3. The molecule has 6 heteroatoms. The van der Waals surface area contributed by atoms with Crippen molar-refractivity contribution in [2.75, 3.05) is 33.2 Å². The first-order valence-electron chi connectivity index (χ1n) is 13.3. The fourth-order valence-corrected chi connectivity index (χ4v) is 6.11. The predicted octanol–water partition coefficient (Wildman–Crippen LogP) is 3.75. The molecule has 2 unspecified atom stereocenters. The average Bonchev–Trinajstić information content (AvgIpc) is 2.86. The molecule has 4 rings (SSSR count).